The summed E-state index contributed by atoms with van der Waals surface area (Å²) in [6.07, 6.45) is -0.286. The van der Waals surface area contributed by atoms with E-state index in [9.17, 15) is 14.7 Å². The number of carbonyl (C=O) groups excluding carboxylic acids is 2. The summed E-state index contributed by atoms with van der Waals surface area (Å²) in [5, 5.41) is 12.9. The molecule has 0 aliphatic carbocycles. The molecule has 0 saturated carbocycles. The van der Waals surface area contributed by atoms with Crippen LogP contribution in [0.5, 0.6) is 11.5 Å². The second-order valence-corrected chi connectivity index (χ2v) is 5.47. The summed E-state index contributed by atoms with van der Waals surface area (Å²) in [7, 11) is 3.01. The zero-order valence-corrected chi connectivity index (χ0v) is 13.5. The first kappa shape index (κ1) is 17.1. The molecule has 2 rings (SSSR count). The first-order chi connectivity index (χ1) is 11.0. The van der Waals surface area contributed by atoms with Gasteiger partial charge in [0.15, 0.2) is 0 Å². The van der Waals surface area contributed by atoms with Crippen LogP contribution < -0.4 is 14.8 Å². The Labute approximate surface area is 135 Å². The van der Waals surface area contributed by atoms with Crippen LogP contribution in [0.25, 0.3) is 0 Å². The zero-order valence-electron chi connectivity index (χ0n) is 13.5. The molecule has 23 heavy (non-hydrogen) atoms. The molecule has 1 aliphatic rings. The van der Waals surface area contributed by atoms with Crippen molar-refractivity contribution in [1.82, 2.24) is 10.2 Å². The smallest absolute Gasteiger partial charge is 0.255 e. The fourth-order valence-corrected chi connectivity index (χ4v) is 2.62. The molecule has 1 aromatic carbocycles. The molecule has 2 N–H and O–H groups in total. The van der Waals surface area contributed by atoms with Gasteiger partial charge in [0.25, 0.3) is 5.91 Å². The van der Waals surface area contributed by atoms with Gasteiger partial charge in [-0.15, -0.1) is 0 Å². The Balaban J connectivity index is 2.06. The average Bonchev–Trinajstić information content (AvgIpc) is 2.55. The fourth-order valence-electron chi connectivity index (χ4n) is 2.62. The van der Waals surface area contributed by atoms with Gasteiger partial charge >= 0.3 is 0 Å². The molecular weight excluding hydrogens is 300 g/mol. The molecule has 0 bridgehead atoms. The van der Waals surface area contributed by atoms with E-state index >= 15 is 0 Å². The lowest BCUT2D eigenvalue weighted by Crippen LogP contribution is -2.55. The van der Waals surface area contributed by atoms with Crippen LogP contribution in [-0.4, -0.2) is 61.3 Å². The number of ether oxygens (including phenoxy) is 2. The maximum atomic E-state index is 12.4. The maximum absolute atomic E-state index is 12.4. The lowest BCUT2D eigenvalue weighted by molar-refractivity contribution is -0.132. The van der Waals surface area contributed by atoms with Crippen LogP contribution in [0.3, 0.4) is 0 Å². The predicted octanol–water partition coefficient (Wildman–Crippen LogP) is 0.415. The van der Waals surface area contributed by atoms with E-state index in [0.29, 0.717) is 30.0 Å². The number of hydrogen-bond acceptors (Lipinski definition) is 5. The molecule has 1 saturated heterocycles. The molecule has 1 aromatic rings. The molecule has 7 nitrogen and oxygen atoms in total. The van der Waals surface area contributed by atoms with Gasteiger partial charge in [0.2, 0.25) is 5.91 Å². The lowest BCUT2D eigenvalue weighted by atomic mass is 10.0. The number of nitrogens with zero attached hydrogens (tertiary/aromatic N) is 1. The Morgan fingerprint density at radius 2 is 2.04 bits per heavy atom. The fraction of sp³-hybridized carbons (Fsp3) is 0.500. The highest BCUT2D eigenvalue weighted by atomic mass is 16.5. The number of rotatable bonds is 4. The number of aliphatic hydroxyl groups is 1. The normalized spacial score (nSPS) is 20.8. The molecule has 126 valence electrons. The summed E-state index contributed by atoms with van der Waals surface area (Å²) in [4.78, 5) is 25.3. The van der Waals surface area contributed by atoms with Crippen LogP contribution in [0.1, 0.15) is 23.7 Å². The summed E-state index contributed by atoms with van der Waals surface area (Å²) in [5.74, 6) is 0.584. The number of nitrogens with one attached hydrogen (secondary N) is 1. The van der Waals surface area contributed by atoms with E-state index in [4.69, 9.17) is 9.47 Å². The second-order valence-electron chi connectivity index (χ2n) is 5.47. The van der Waals surface area contributed by atoms with E-state index in [1.54, 1.807) is 23.1 Å². The van der Waals surface area contributed by atoms with Crippen molar-refractivity contribution in [3.63, 3.8) is 0 Å². The molecule has 0 radical (unpaired) electrons. The van der Waals surface area contributed by atoms with Crippen molar-refractivity contribution in [2.75, 3.05) is 27.3 Å². The zero-order chi connectivity index (χ0) is 17.0. The van der Waals surface area contributed by atoms with E-state index < -0.39 is 12.1 Å². The quantitative estimate of drug-likeness (QED) is 0.838. The molecule has 0 unspecified atom stereocenters. The minimum atomic E-state index is -0.791. The van der Waals surface area contributed by atoms with Crippen LogP contribution in [0.2, 0.25) is 0 Å². The first-order valence-corrected chi connectivity index (χ1v) is 7.42. The van der Waals surface area contributed by atoms with Gasteiger partial charge in [0, 0.05) is 26.1 Å². The maximum Gasteiger partial charge on any atom is 0.255 e. The number of carbonyl (C=O) groups is 2. The number of hydrogen-bond donors (Lipinski definition) is 2. The van der Waals surface area contributed by atoms with E-state index in [1.807, 2.05) is 0 Å². The molecule has 7 heteroatoms. The summed E-state index contributed by atoms with van der Waals surface area (Å²) in [6, 6.07) is 4.52. The number of likely N-dealkylation sites (tertiary alicyclic amines) is 1. The van der Waals surface area contributed by atoms with Gasteiger partial charge in [-0.3, -0.25) is 9.59 Å². The first-order valence-electron chi connectivity index (χ1n) is 7.42. The van der Waals surface area contributed by atoms with Crippen LogP contribution in [0.15, 0.2) is 18.2 Å². The highest BCUT2D eigenvalue weighted by molar-refractivity contribution is 5.97. The van der Waals surface area contributed by atoms with Crippen LogP contribution in [-0.2, 0) is 4.79 Å². The molecule has 0 aromatic heterocycles. The van der Waals surface area contributed by atoms with Crippen molar-refractivity contribution in [3.05, 3.63) is 23.8 Å². The summed E-state index contributed by atoms with van der Waals surface area (Å²) in [5.41, 5.74) is 0.370. The molecule has 2 amide bonds. The van der Waals surface area contributed by atoms with E-state index in [0.717, 1.165) is 0 Å². The van der Waals surface area contributed by atoms with Crippen molar-refractivity contribution in [2.24, 2.45) is 0 Å². The molecule has 0 spiro atoms. The van der Waals surface area contributed by atoms with Crippen molar-refractivity contribution >= 4 is 11.8 Å². The summed E-state index contributed by atoms with van der Waals surface area (Å²) in [6.45, 7) is 2.20. The van der Waals surface area contributed by atoms with E-state index in [2.05, 4.69) is 5.32 Å². The molecule has 1 fully saturated rings. The Kier molecular flexibility index (Phi) is 5.44. The van der Waals surface area contributed by atoms with Crippen LogP contribution >= 0.6 is 0 Å². The second kappa shape index (κ2) is 7.32. The van der Waals surface area contributed by atoms with Gasteiger partial charge < -0.3 is 24.8 Å². The van der Waals surface area contributed by atoms with Gasteiger partial charge in [0.05, 0.1) is 31.9 Å². The van der Waals surface area contributed by atoms with Crippen LogP contribution in [0.4, 0.5) is 0 Å². The van der Waals surface area contributed by atoms with Gasteiger partial charge in [-0.25, -0.2) is 0 Å². The molecule has 2 atom stereocenters. The lowest BCUT2D eigenvalue weighted by Gasteiger charge is -2.35. The number of amides is 2. The van der Waals surface area contributed by atoms with Gasteiger partial charge in [-0.05, 0) is 18.6 Å². The Morgan fingerprint density at radius 1 is 1.30 bits per heavy atom. The third kappa shape index (κ3) is 3.92. The van der Waals surface area contributed by atoms with Crippen molar-refractivity contribution in [2.45, 2.75) is 25.5 Å². The number of benzene rings is 1. The molecule has 1 aliphatic heterocycles. The average molecular weight is 322 g/mol. The number of piperidine rings is 1. The van der Waals surface area contributed by atoms with Gasteiger partial charge in [-0.2, -0.15) is 0 Å². The van der Waals surface area contributed by atoms with E-state index in [1.165, 1.54) is 21.1 Å². The van der Waals surface area contributed by atoms with Gasteiger partial charge in [-0.1, -0.05) is 0 Å². The number of methoxy groups -OCH3 is 2. The standard InChI is InChI=1S/C16H22N2O5/c1-10(19)18-7-6-13(14(20)9-18)17-16(21)12-5-4-11(22-2)8-15(12)23-3/h4-5,8,13-14,20H,6-7,9H2,1-3H3,(H,17,21)/t13-,14-/m1/s1. The SMILES string of the molecule is COc1ccc(C(=O)N[C@@H]2CCN(C(C)=O)C[C@H]2O)c(OC)c1. The Morgan fingerprint density at radius 3 is 2.61 bits per heavy atom. The number of aliphatic hydroxyl groups excluding tert-OH is 1. The summed E-state index contributed by atoms with van der Waals surface area (Å²) >= 11 is 0. The number of β-amino-alcohol motifs (C(OH)–C–C–N with tert-alkyl or cyclic N) is 1. The Hall–Kier alpha value is -2.28. The Bertz CT molecular complexity index is 590. The van der Waals surface area contributed by atoms with Crippen molar-refractivity contribution in [3.8, 4) is 11.5 Å². The third-order valence-corrected chi connectivity index (χ3v) is 4.00. The van der Waals surface area contributed by atoms with E-state index in [-0.39, 0.29) is 18.4 Å². The topological polar surface area (TPSA) is 88.1 Å². The highest BCUT2D eigenvalue weighted by Crippen LogP contribution is 2.25. The van der Waals surface area contributed by atoms with Gasteiger partial charge in [0.1, 0.15) is 11.5 Å². The molecular formula is C16H22N2O5. The van der Waals surface area contributed by atoms with Crippen molar-refractivity contribution < 1.29 is 24.2 Å². The summed E-state index contributed by atoms with van der Waals surface area (Å²) < 4.78 is 10.3. The minimum absolute atomic E-state index is 0.0781. The monoisotopic (exact) mass is 322 g/mol. The highest BCUT2D eigenvalue weighted by Gasteiger charge is 2.30. The van der Waals surface area contributed by atoms with Crippen molar-refractivity contribution in [1.29, 1.82) is 0 Å². The minimum Gasteiger partial charge on any atom is -0.497 e. The predicted molar refractivity (Wildman–Crippen MR) is 83.7 cm³/mol. The largest absolute Gasteiger partial charge is 0.497 e. The third-order valence-electron chi connectivity index (χ3n) is 4.00. The molecule has 1 heterocycles. The van der Waals surface area contributed by atoms with Crippen LogP contribution in [0, 0.1) is 0 Å².